The molecule has 0 radical (unpaired) electrons. The maximum Gasteiger partial charge on any atom is 0.237 e. The van der Waals surface area contributed by atoms with Crippen LogP contribution in [0.1, 0.15) is 0 Å². The van der Waals surface area contributed by atoms with Crippen LogP contribution >= 0.6 is 11.8 Å². The van der Waals surface area contributed by atoms with Crippen LogP contribution in [-0.4, -0.2) is 22.1 Å². The van der Waals surface area contributed by atoms with Crippen molar-refractivity contribution >= 4 is 28.5 Å². The van der Waals surface area contributed by atoms with E-state index >= 15 is 0 Å². The molecular weight excluding hydrogens is 260 g/mol. The average molecular weight is 272 g/mol. The summed E-state index contributed by atoms with van der Waals surface area (Å²) in [5, 5.41) is 1.57. The van der Waals surface area contributed by atoms with E-state index < -0.39 is 0 Å². The number of nitrogen functional groups attached to an aromatic ring is 1. The molecule has 0 spiro atoms. The standard InChI is InChI=1S/C13H12N4OS/c1-18-12-8(14)6-7-11(17-12)19-13-15-9-4-2-3-5-10(9)16-13/h2-7H,14H2,1H3,(H,15,16). The monoisotopic (exact) mass is 272 g/mol. The number of benzene rings is 1. The van der Waals surface area contributed by atoms with E-state index in [1.807, 2.05) is 30.3 Å². The van der Waals surface area contributed by atoms with Gasteiger partial charge in [-0.15, -0.1) is 0 Å². The van der Waals surface area contributed by atoms with E-state index in [-0.39, 0.29) is 0 Å². The van der Waals surface area contributed by atoms with E-state index in [2.05, 4.69) is 15.0 Å². The zero-order valence-electron chi connectivity index (χ0n) is 10.3. The normalized spacial score (nSPS) is 10.8. The second-order valence-electron chi connectivity index (χ2n) is 3.91. The molecule has 3 aromatic rings. The summed E-state index contributed by atoms with van der Waals surface area (Å²) in [6.45, 7) is 0. The lowest BCUT2D eigenvalue weighted by atomic mass is 10.3. The Bertz CT molecular complexity index is 692. The first kappa shape index (κ1) is 11.9. The number of fused-ring (bicyclic) bond motifs is 1. The fourth-order valence-electron chi connectivity index (χ4n) is 1.73. The van der Waals surface area contributed by atoms with Crippen LogP contribution in [0, 0.1) is 0 Å². The summed E-state index contributed by atoms with van der Waals surface area (Å²) >= 11 is 1.44. The minimum atomic E-state index is 0.432. The molecule has 1 aromatic carbocycles. The highest BCUT2D eigenvalue weighted by Crippen LogP contribution is 2.29. The summed E-state index contributed by atoms with van der Waals surface area (Å²) in [6.07, 6.45) is 0. The van der Waals surface area contributed by atoms with Gasteiger partial charge in [-0.3, -0.25) is 0 Å². The zero-order valence-corrected chi connectivity index (χ0v) is 11.1. The van der Waals surface area contributed by atoms with Crippen molar-refractivity contribution in [1.29, 1.82) is 0 Å². The maximum atomic E-state index is 5.73. The number of nitrogens with two attached hydrogens (primary N) is 1. The summed E-state index contributed by atoms with van der Waals surface area (Å²) in [6, 6.07) is 11.5. The molecule has 96 valence electrons. The van der Waals surface area contributed by atoms with Crippen molar-refractivity contribution in [3.05, 3.63) is 36.4 Å². The SMILES string of the molecule is COc1nc(Sc2nc3ccccc3[nH]2)ccc1N. The average Bonchev–Trinajstić information content (AvgIpc) is 2.83. The first-order valence-corrected chi connectivity index (χ1v) is 6.51. The summed E-state index contributed by atoms with van der Waals surface area (Å²) in [5.74, 6) is 0.432. The lowest BCUT2D eigenvalue weighted by Gasteiger charge is -2.04. The Hall–Kier alpha value is -2.21. The molecule has 0 aliphatic rings. The van der Waals surface area contributed by atoms with Gasteiger partial charge in [0.25, 0.3) is 0 Å². The predicted octanol–water partition coefficient (Wildman–Crippen LogP) is 2.70. The molecule has 2 aromatic heterocycles. The van der Waals surface area contributed by atoms with E-state index in [4.69, 9.17) is 10.5 Å². The predicted molar refractivity (Wildman–Crippen MR) is 75.4 cm³/mol. The zero-order chi connectivity index (χ0) is 13.2. The Morgan fingerprint density at radius 3 is 2.79 bits per heavy atom. The van der Waals surface area contributed by atoms with E-state index in [9.17, 15) is 0 Å². The molecular formula is C13H12N4OS. The summed E-state index contributed by atoms with van der Waals surface area (Å²) in [7, 11) is 1.55. The number of ether oxygens (including phenoxy) is 1. The maximum absolute atomic E-state index is 5.73. The minimum absolute atomic E-state index is 0.432. The molecule has 0 aliphatic carbocycles. The van der Waals surface area contributed by atoms with Gasteiger partial charge in [0.2, 0.25) is 5.88 Å². The van der Waals surface area contributed by atoms with Crippen molar-refractivity contribution in [3.8, 4) is 5.88 Å². The van der Waals surface area contributed by atoms with Gasteiger partial charge >= 0.3 is 0 Å². The molecule has 3 rings (SSSR count). The smallest absolute Gasteiger partial charge is 0.237 e. The number of nitrogens with one attached hydrogen (secondary N) is 1. The molecule has 0 unspecified atom stereocenters. The molecule has 6 heteroatoms. The Morgan fingerprint density at radius 1 is 1.16 bits per heavy atom. The van der Waals surface area contributed by atoms with Gasteiger partial charge in [0.05, 0.1) is 23.8 Å². The molecule has 0 saturated carbocycles. The van der Waals surface area contributed by atoms with E-state index in [1.54, 1.807) is 13.2 Å². The largest absolute Gasteiger partial charge is 0.480 e. The second-order valence-corrected chi connectivity index (χ2v) is 4.92. The van der Waals surface area contributed by atoms with Gasteiger partial charge in [0.1, 0.15) is 5.03 Å². The van der Waals surface area contributed by atoms with Crippen molar-refractivity contribution in [1.82, 2.24) is 15.0 Å². The van der Waals surface area contributed by atoms with Crippen LogP contribution in [-0.2, 0) is 0 Å². The molecule has 0 atom stereocenters. The number of anilines is 1. The van der Waals surface area contributed by atoms with Gasteiger partial charge in [0.15, 0.2) is 5.16 Å². The molecule has 19 heavy (non-hydrogen) atoms. The number of pyridine rings is 1. The van der Waals surface area contributed by atoms with Gasteiger partial charge in [-0.1, -0.05) is 12.1 Å². The van der Waals surface area contributed by atoms with E-state index in [1.165, 1.54) is 11.8 Å². The van der Waals surface area contributed by atoms with Gasteiger partial charge in [-0.05, 0) is 36.0 Å². The van der Waals surface area contributed by atoms with Crippen LogP contribution in [0.5, 0.6) is 5.88 Å². The molecule has 0 bridgehead atoms. The Labute approximate surface area is 114 Å². The Balaban J connectivity index is 1.92. The molecule has 2 heterocycles. The molecule has 3 N–H and O–H groups in total. The molecule has 0 fully saturated rings. The van der Waals surface area contributed by atoms with E-state index in [0.29, 0.717) is 11.6 Å². The highest BCUT2D eigenvalue weighted by molar-refractivity contribution is 7.99. The number of hydrogen-bond acceptors (Lipinski definition) is 5. The third-order valence-electron chi connectivity index (χ3n) is 2.63. The number of rotatable bonds is 3. The third kappa shape index (κ3) is 2.34. The fourth-order valence-corrected chi connectivity index (χ4v) is 2.50. The number of para-hydroxylation sites is 2. The topological polar surface area (TPSA) is 76.8 Å². The Kier molecular flexibility index (Phi) is 3.00. The van der Waals surface area contributed by atoms with Crippen molar-refractivity contribution < 1.29 is 4.74 Å². The second kappa shape index (κ2) is 4.81. The fraction of sp³-hybridized carbons (Fsp3) is 0.0769. The van der Waals surface area contributed by atoms with Crippen LogP contribution in [0.4, 0.5) is 5.69 Å². The highest BCUT2D eigenvalue weighted by Gasteiger charge is 2.08. The number of aromatic amines is 1. The van der Waals surface area contributed by atoms with Crippen molar-refractivity contribution in [2.75, 3.05) is 12.8 Å². The molecule has 0 saturated heterocycles. The minimum Gasteiger partial charge on any atom is -0.480 e. The first-order chi connectivity index (χ1) is 9.26. The van der Waals surface area contributed by atoms with Crippen LogP contribution in [0.3, 0.4) is 0 Å². The van der Waals surface area contributed by atoms with Gasteiger partial charge < -0.3 is 15.5 Å². The van der Waals surface area contributed by atoms with Crippen molar-refractivity contribution in [2.24, 2.45) is 0 Å². The lowest BCUT2D eigenvalue weighted by molar-refractivity contribution is 0.397. The first-order valence-electron chi connectivity index (χ1n) is 5.69. The summed E-state index contributed by atoms with van der Waals surface area (Å²) in [4.78, 5) is 12.0. The lowest BCUT2D eigenvalue weighted by Crippen LogP contribution is -1.95. The number of hydrogen-bond donors (Lipinski definition) is 2. The number of nitrogens with zero attached hydrogens (tertiary/aromatic N) is 2. The quantitative estimate of drug-likeness (QED) is 0.766. The van der Waals surface area contributed by atoms with Crippen molar-refractivity contribution in [2.45, 2.75) is 10.2 Å². The summed E-state index contributed by atoms with van der Waals surface area (Å²) in [5.41, 5.74) is 8.20. The van der Waals surface area contributed by atoms with Gasteiger partial charge in [-0.25, -0.2) is 9.97 Å². The van der Waals surface area contributed by atoms with Crippen molar-refractivity contribution in [3.63, 3.8) is 0 Å². The van der Waals surface area contributed by atoms with Crippen LogP contribution in [0.2, 0.25) is 0 Å². The number of imidazole rings is 1. The third-order valence-corrected chi connectivity index (χ3v) is 3.45. The van der Waals surface area contributed by atoms with Gasteiger partial charge in [-0.2, -0.15) is 0 Å². The van der Waals surface area contributed by atoms with Crippen LogP contribution in [0.25, 0.3) is 11.0 Å². The molecule has 0 aliphatic heterocycles. The molecule has 5 nitrogen and oxygen atoms in total. The summed E-state index contributed by atoms with van der Waals surface area (Å²) < 4.78 is 5.10. The van der Waals surface area contributed by atoms with Crippen LogP contribution < -0.4 is 10.5 Å². The van der Waals surface area contributed by atoms with Crippen LogP contribution in [0.15, 0.2) is 46.6 Å². The molecule has 0 amide bonds. The Morgan fingerprint density at radius 2 is 2.00 bits per heavy atom. The number of aromatic nitrogens is 3. The highest BCUT2D eigenvalue weighted by atomic mass is 32.2. The number of methoxy groups -OCH3 is 1. The van der Waals surface area contributed by atoms with Gasteiger partial charge in [0, 0.05) is 0 Å². The number of H-pyrrole nitrogens is 1. The van der Waals surface area contributed by atoms with E-state index in [0.717, 1.165) is 21.2 Å².